The number of nitrogens with zero attached hydrogens (tertiary/aromatic N) is 3. The van der Waals surface area contributed by atoms with Gasteiger partial charge in [-0.1, -0.05) is 0 Å². The first-order valence-electron chi connectivity index (χ1n) is 5.89. The number of aldehydes is 1. The van der Waals surface area contributed by atoms with Crippen molar-refractivity contribution in [1.82, 2.24) is 9.97 Å². The van der Waals surface area contributed by atoms with Gasteiger partial charge in [-0.05, 0) is 19.3 Å². The van der Waals surface area contributed by atoms with Crippen molar-refractivity contribution in [2.24, 2.45) is 0 Å². The lowest BCUT2D eigenvalue weighted by molar-refractivity contribution is 0.0214. The lowest BCUT2D eigenvalue weighted by atomic mass is 10.1. The van der Waals surface area contributed by atoms with E-state index in [1.54, 1.807) is 0 Å². The highest BCUT2D eigenvalue weighted by molar-refractivity contribution is 5.73. The third-order valence-electron chi connectivity index (χ3n) is 2.89. The Morgan fingerprint density at radius 2 is 2.24 bits per heavy atom. The first-order chi connectivity index (χ1) is 8.29. The van der Waals surface area contributed by atoms with Gasteiger partial charge in [-0.15, -0.1) is 0 Å². The second-order valence-electron chi connectivity index (χ2n) is 4.30. The third-order valence-corrected chi connectivity index (χ3v) is 2.89. The van der Waals surface area contributed by atoms with Crippen LogP contribution >= 0.6 is 0 Å². The molecule has 0 spiro atoms. The van der Waals surface area contributed by atoms with Crippen LogP contribution in [-0.2, 0) is 4.74 Å². The number of carbonyl (C=O) groups is 1. The summed E-state index contributed by atoms with van der Waals surface area (Å²) < 4.78 is 5.66. The maximum atomic E-state index is 10.5. The number of hydrogen-bond acceptors (Lipinski definition) is 5. The molecule has 1 atom stereocenters. The molecule has 5 heteroatoms. The predicted molar refractivity (Wildman–Crippen MR) is 64.3 cm³/mol. The zero-order chi connectivity index (χ0) is 12.1. The molecule has 1 saturated heterocycles. The molecule has 0 saturated carbocycles. The Morgan fingerprint density at radius 1 is 1.47 bits per heavy atom. The summed E-state index contributed by atoms with van der Waals surface area (Å²) in [4.78, 5) is 20.7. The van der Waals surface area contributed by atoms with Gasteiger partial charge in [0.25, 0.3) is 0 Å². The smallest absolute Gasteiger partial charge is 0.225 e. The number of rotatable bonds is 4. The number of carbonyl (C=O) groups excluding carboxylic acids is 1. The van der Waals surface area contributed by atoms with Gasteiger partial charge in [-0.3, -0.25) is 4.79 Å². The number of anilines is 1. The highest BCUT2D eigenvalue weighted by Crippen LogP contribution is 2.15. The highest BCUT2D eigenvalue weighted by atomic mass is 16.5. The summed E-state index contributed by atoms with van der Waals surface area (Å²) in [6.45, 7) is 1.64. The molecule has 1 aliphatic rings. The average molecular weight is 235 g/mol. The minimum absolute atomic E-state index is 0.267. The van der Waals surface area contributed by atoms with Crippen LogP contribution in [0.3, 0.4) is 0 Å². The molecule has 2 rings (SSSR count). The Bertz CT molecular complexity index is 361. The fourth-order valence-corrected chi connectivity index (χ4v) is 1.93. The van der Waals surface area contributed by atoms with Crippen LogP contribution in [-0.4, -0.2) is 42.6 Å². The van der Waals surface area contributed by atoms with Gasteiger partial charge in [-0.2, -0.15) is 0 Å². The average Bonchev–Trinajstić information content (AvgIpc) is 2.40. The van der Waals surface area contributed by atoms with E-state index in [1.165, 1.54) is 18.8 Å². The molecule has 0 aliphatic carbocycles. The van der Waals surface area contributed by atoms with Gasteiger partial charge in [-0.25, -0.2) is 9.97 Å². The Labute approximate surface area is 101 Å². The minimum Gasteiger partial charge on any atom is -0.376 e. The molecule has 0 radical (unpaired) electrons. The molecule has 1 unspecified atom stereocenters. The molecule has 0 aromatic carbocycles. The van der Waals surface area contributed by atoms with Gasteiger partial charge in [0.05, 0.1) is 11.7 Å². The molecule has 1 aliphatic heterocycles. The Hall–Kier alpha value is -1.49. The summed E-state index contributed by atoms with van der Waals surface area (Å²) in [5, 5.41) is 0. The molecule has 1 fully saturated rings. The number of aromatic nitrogens is 2. The lowest BCUT2D eigenvalue weighted by Gasteiger charge is -2.27. The summed E-state index contributed by atoms with van der Waals surface area (Å²) >= 11 is 0. The van der Waals surface area contributed by atoms with Crippen molar-refractivity contribution < 1.29 is 9.53 Å². The van der Waals surface area contributed by atoms with Crippen molar-refractivity contribution in [2.75, 3.05) is 25.1 Å². The van der Waals surface area contributed by atoms with E-state index in [2.05, 4.69) is 9.97 Å². The van der Waals surface area contributed by atoms with E-state index in [0.717, 1.165) is 32.3 Å². The second kappa shape index (κ2) is 5.72. The third kappa shape index (κ3) is 3.23. The molecule has 92 valence electrons. The van der Waals surface area contributed by atoms with E-state index in [1.807, 2.05) is 11.9 Å². The van der Waals surface area contributed by atoms with Crippen molar-refractivity contribution in [3.63, 3.8) is 0 Å². The van der Waals surface area contributed by atoms with E-state index in [-0.39, 0.29) is 6.10 Å². The SMILES string of the molecule is CN(CC1CCCCO1)c1ncc(C=O)cn1. The topological polar surface area (TPSA) is 55.3 Å². The Balaban J connectivity index is 1.93. The second-order valence-corrected chi connectivity index (χ2v) is 4.30. The van der Waals surface area contributed by atoms with Crippen molar-refractivity contribution in [3.8, 4) is 0 Å². The summed E-state index contributed by atoms with van der Waals surface area (Å²) in [6, 6.07) is 0. The van der Waals surface area contributed by atoms with Crippen molar-refractivity contribution >= 4 is 12.2 Å². The van der Waals surface area contributed by atoms with Gasteiger partial charge < -0.3 is 9.64 Å². The monoisotopic (exact) mass is 235 g/mol. The Morgan fingerprint density at radius 3 is 2.82 bits per heavy atom. The number of hydrogen-bond donors (Lipinski definition) is 0. The Kier molecular flexibility index (Phi) is 4.03. The molecule has 2 heterocycles. The van der Waals surface area contributed by atoms with Crippen LogP contribution in [0.15, 0.2) is 12.4 Å². The van der Waals surface area contributed by atoms with Gasteiger partial charge in [0, 0.05) is 32.6 Å². The van der Waals surface area contributed by atoms with Gasteiger partial charge in [0.1, 0.15) is 0 Å². The fourth-order valence-electron chi connectivity index (χ4n) is 1.93. The van der Waals surface area contributed by atoms with E-state index in [0.29, 0.717) is 11.5 Å². The summed E-state index contributed by atoms with van der Waals surface area (Å²) in [5.41, 5.74) is 0.496. The molecule has 17 heavy (non-hydrogen) atoms. The van der Waals surface area contributed by atoms with E-state index in [4.69, 9.17) is 4.74 Å². The maximum Gasteiger partial charge on any atom is 0.225 e. The van der Waals surface area contributed by atoms with Crippen LogP contribution in [0.25, 0.3) is 0 Å². The van der Waals surface area contributed by atoms with E-state index < -0.39 is 0 Å². The molecule has 1 aromatic heterocycles. The zero-order valence-electron chi connectivity index (χ0n) is 10.0. The number of likely N-dealkylation sites (N-methyl/N-ethyl adjacent to an activating group) is 1. The zero-order valence-corrected chi connectivity index (χ0v) is 10.0. The summed E-state index contributed by atoms with van der Waals surface area (Å²) in [6.07, 6.45) is 7.56. The molecule has 0 N–H and O–H groups in total. The van der Waals surface area contributed by atoms with E-state index >= 15 is 0 Å². The largest absolute Gasteiger partial charge is 0.376 e. The molecular formula is C12H17N3O2. The molecule has 0 amide bonds. The molecule has 0 bridgehead atoms. The van der Waals surface area contributed by atoms with Crippen LogP contribution in [0.1, 0.15) is 29.6 Å². The maximum absolute atomic E-state index is 10.5. The van der Waals surface area contributed by atoms with Crippen LogP contribution in [0.5, 0.6) is 0 Å². The van der Waals surface area contributed by atoms with Crippen LogP contribution < -0.4 is 4.90 Å². The first kappa shape index (κ1) is 12.0. The number of ether oxygens (including phenoxy) is 1. The van der Waals surface area contributed by atoms with Gasteiger partial charge in [0.2, 0.25) is 5.95 Å². The fraction of sp³-hybridized carbons (Fsp3) is 0.583. The quantitative estimate of drug-likeness (QED) is 0.736. The standard InChI is InChI=1S/C12H17N3O2/c1-15(8-11-4-2-3-5-17-11)12-13-6-10(9-16)7-14-12/h6-7,9,11H,2-5,8H2,1H3. The van der Waals surface area contributed by atoms with Crippen molar-refractivity contribution in [1.29, 1.82) is 0 Å². The van der Waals surface area contributed by atoms with Crippen molar-refractivity contribution in [3.05, 3.63) is 18.0 Å². The van der Waals surface area contributed by atoms with Crippen LogP contribution in [0.4, 0.5) is 5.95 Å². The van der Waals surface area contributed by atoms with Crippen molar-refractivity contribution in [2.45, 2.75) is 25.4 Å². The lowest BCUT2D eigenvalue weighted by Crippen LogP contribution is -2.34. The van der Waals surface area contributed by atoms with Gasteiger partial charge >= 0.3 is 0 Å². The van der Waals surface area contributed by atoms with Crippen LogP contribution in [0.2, 0.25) is 0 Å². The highest BCUT2D eigenvalue weighted by Gasteiger charge is 2.17. The molecule has 5 nitrogen and oxygen atoms in total. The summed E-state index contributed by atoms with van der Waals surface area (Å²) in [7, 11) is 1.94. The normalized spacial score (nSPS) is 19.9. The van der Waals surface area contributed by atoms with Gasteiger partial charge in [0.15, 0.2) is 6.29 Å². The minimum atomic E-state index is 0.267. The predicted octanol–water partition coefficient (Wildman–Crippen LogP) is 1.29. The van der Waals surface area contributed by atoms with Crippen LogP contribution in [0, 0.1) is 0 Å². The molecular weight excluding hydrogens is 218 g/mol. The van der Waals surface area contributed by atoms with E-state index in [9.17, 15) is 4.79 Å². The molecule has 1 aromatic rings. The first-order valence-corrected chi connectivity index (χ1v) is 5.89. The summed E-state index contributed by atoms with van der Waals surface area (Å²) in [5.74, 6) is 0.629.